The Morgan fingerprint density at radius 1 is 1.39 bits per heavy atom. The minimum atomic E-state index is -0.715. The Labute approximate surface area is 114 Å². The van der Waals surface area contributed by atoms with Crippen molar-refractivity contribution in [3.05, 3.63) is 0 Å². The van der Waals surface area contributed by atoms with Gasteiger partial charge in [-0.15, -0.1) is 0 Å². The van der Waals surface area contributed by atoms with Crippen LogP contribution in [0.4, 0.5) is 0 Å². The average molecular weight is 272 g/mol. The van der Waals surface area contributed by atoms with Crippen molar-refractivity contribution in [2.45, 2.75) is 45.1 Å². The van der Waals surface area contributed by atoms with E-state index in [9.17, 15) is 9.59 Å². The van der Waals surface area contributed by atoms with Gasteiger partial charge in [0.05, 0.1) is 0 Å². The first-order chi connectivity index (χ1) is 8.53. The molecule has 0 spiro atoms. The summed E-state index contributed by atoms with van der Waals surface area (Å²) in [6, 6.07) is 0. The van der Waals surface area contributed by atoms with E-state index in [1.165, 1.54) is 0 Å². The second-order valence-electron chi connectivity index (χ2n) is 4.98. The Hall–Kier alpha value is -0.710. The van der Waals surface area contributed by atoms with Crippen molar-refractivity contribution in [2.24, 2.45) is 0 Å². The topological polar surface area (TPSA) is 49.4 Å². The Kier molecular flexibility index (Phi) is 5.99. The Morgan fingerprint density at radius 3 is 2.72 bits per heavy atom. The van der Waals surface area contributed by atoms with E-state index >= 15 is 0 Å². The van der Waals surface area contributed by atoms with Crippen LogP contribution in [-0.2, 0) is 9.59 Å². The van der Waals surface area contributed by atoms with Crippen LogP contribution in [-0.4, -0.2) is 47.4 Å². The Bertz CT molecular complexity index is 309. The second kappa shape index (κ2) is 7.02. The van der Waals surface area contributed by atoms with E-state index < -0.39 is 5.54 Å². The summed E-state index contributed by atoms with van der Waals surface area (Å²) in [6.07, 6.45) is 5.28. The van der Waals surface area contributed by atoms with Crippen LogP contribution in [0.5, 0.6) is 0 Å². The average Bonchev–Trinajstić information content (AvgIpc) is 2.46. The third-order valence-electron chi connectivity index (χ3n) is 3.52. The normalized spacial score (nSPS) is 24.9. The van der Waals surface area contributed by atoms with Crippen molar-refractivity contribution in [1.29, 1.82) is 0 Å². The lowest BCUT2D eigenvalue weighted by Gasteiger charge is -2.31. The number of carbonyl (C=O) groups is 2. The quantitative estimate of drug-likeness (QED) is 0.748. The van der Waals surface area contributed by atoms with Gasteiger partial charge < -0.3 is 10.2 Å². The standard InChI is InChI=1S/C13H24N2O2S/c1-4-13(2)12(17)15(8-5-6-10-18-3)9-7-11(16)14-13/h4-10H2,1-3H3,(H,14,16). The zero-order valence-corrected chi connectivity index (χ0v) is 12.4. The number of hydrogen-bond donors (Lipinski definition) is 1. The van der Waals surface area contributed by atoms with Gasteiger partial charge in [0.1, 0.15) is 5.54 Å². The van der Waals surface area contributed by atoms with Gasteiger partial charge >= 0.3 is 0 Å². The predicted octanol–water partition coefficient (Wildman–Crippen LogP) is 1.65. The van der Waals surface area contributed by atoms with Gasteiger partial charge in [-0.2, -0.15) is 11.8 Å². The summed E-state index contributed by atoms with van der Waals surface area (Å²) in [5, 5.41) is 2.85. The highest BCUT2D eigenvalue weighted by Crippen LogP contribution is 2.18. The Balaban J connectivity index is 2.61. The fraction of sp³-hybridized carbons (Fsp3) is 0.846. The van der Waals surface area contributed by atoms with E-state index in [0.717, 1.165) is 25.1 Å². The fourth-order valence-corrected chi connectivity index (χ4v) is 2.61. The van der Waals surface area contributed by atoms with Gasteiger partial charge in [0.15, 0.2) is 0 Å². The van der Waals surface area contributed by atoms with Gasteiger partial charge in [-0.25, -0.2) is 0 Å². The first kappa shape index (κ1) is 15.3. The number of rotatable bonds is 6. The number of nitrogens with zero attached hydrogens (tertiary/aromatic N) is 1. The van der Waals surface area contributed by atoms with Crippen LogP contribution in [0.25, 0.3) is 0 Å². The molecular formula is C13H24N2O2S. The molecule has 0 bridgehead atoms. The summed E-state index contributed by atoms with van der Waals surface area (Å²) >= 11 is 1.83. The lowest BCUT2D eigenvalue weighted by molar-refractivity contribution is -0.138. The molecule has 1 N–H and O–H groups in total. The third-order valence-corrected chi connectivity index (χ3v) is 4.21. The van der Waals surface area contributed by atoms with Crippen LogP contribution >= 0.6 is 11.8 Å². The summed E-state index contributed by atoms with van der Waals surface area (Å²) in [4.78, 5) is 25.9. The van der Waals surface area contributed by atoms with Crippen molar-refractivity contribution < 1.29 is 9.59 Å². The molecule has 0 aromatic heterocycles. The van der Waals surface area contributed by atoms with Gasteiger partial charge in [-0.1, -0.05) is 6.92 Å². The van der Waals surface area contributed by atoms with Crippen LogP contribution in [0, 0.1) is 0 Å². The number of unbranched alkanes of at least 4 members (excludes halogenated alkanes) is 1. The first-order valence-electron chi connectivity index (χ1n) is 6.63. The summed E-state index contributed by atoms with van der Waals surface area (Å²) in [6.45, 7) is 5.09. The number of amides is 2. The number of thioether (sulfide) groups is 1. The molecule has 2 amide bonds. The molecule has 1 unspecified atom stereocenters. The van der Waals surface area contributed by atoms with Gasteiger partial charge in [-0.3, -0.25) is 9.59 Å². The van der Waals surface area contributed by atoms with Crippen LogP contribution in [0.3, 0.4) is 0 Å². The monoisotopic (exact) mass is 272 g/mol. The van der Waals surface area contributed by atoms with E-state index in [4.69, 9.17) is 0 Å². The maximum atomic E-state index is 12.4. The van der Waals surface area contributed by atoms with Crippen molar-refractivity contribution in [2.75, 3.05) is 25.1 Å². The zero-order valence-electron chi connectivity index (χ0n) is 11.6. The van der Waals surface area contributed by atoms with E-state index in [1.807, 2.05) is 30.5 Å². The molecule has 0 aromatic rings. The second-order valence-corrected chi connectivity index (χ2v) is 5.96. The maximum absolute atomic E-state index is 12.4. The fourth-order valence-electron chi connectivity index (χ4n) is 2.11. The predicted molar refractivity (Wildman–Crippen MR) is 75.7 cm³/mol. The summed E-state index contributed by atoms with van der Waals surface area (Å²) in [5.41, 5.74) is -0.715. The van der Waals surface area contributed by atoms with Crippen molar-refractivity contribution >= 4 is 23.6 Å². The molecule has 1 rings (SSSR count). The molecule has 5 heteroatoms. The molecule has 1 aliphatic heterocycles. The molecule has 0 aliphatic carbocycles. The zero-order chi connectivity index (χ0) is 13.6. The van der Waals surface area contributed by atoms with E-state index in [-0.39, 0.29) is 11.8 Å². The lowest BCUT2D eigenvalue weighted by atomic mass is 9.97. The molecule has 104 valence electrons. The Morgan fingerprint density at radius 2 is 2.11 bits per heavy atom. The van der Waals surface area contributed by atoms with E-state index in [2.05, 4.69) is 11.6 Å². The molecule has 1 heterocycles. The molecule has 18 heavy (non-hydrogen) atoms. The minimum absolute atomic E-state index is 0.0145. The van der Waals surface area contributed by atoms with Gasteiger partial charge in [0.2, 0.25) is 11.8 Å². The number of hydrogen-bond acceptors (Lipinski definition) is 3. The number of carbonyl (C=O) groups excluding carboxylic acids is 2. The van der Waals surface area contributed by atoms with Crippen LogP contribution in [0.1, 0.15) is 39.5 Å². The van der Waals surface area contributed by atoms with Crippen LogP contribution in [0.2, 0.25) is 0 Å². The maximum Gasteiger partial charge on any atom is 0.248 e. The molecule has 0 saturated carbocycles. The molecule has 4 nitrogen and oxygen atoms in total. The highest BCUT2D eigenvalue weighted by atomic mass is 32.2. The smallest absolute Gasteiger partial charge is 0.248 e. The minimum Gasteiger partial charge on any atom is -0.342 e. The SMILES string of the molecule is CCC1(C)NC(=O)CCN(CCCCSC)C1=O. The lowest BCUT2D eigenvalue weighted by Crippen LogP contribution is -2.54. The molecule has 1 fully saturated rings. The molecule has 0 radical (unpaired) electrons. The first-order valence-corrected chi connectivity index (χ1v) is 8.02. The highest BCUT2D eigenvalue weighted by Gasteiger charge is 2.38. The number of nitrogens with one attached hydrogen (secondary N) is 1. The van der Waals surface area contributed by atoms with Crippen LogP contribution < -0.4 is 5.32 Å². The molecule has 1 atom stereocenters. The molecule has 0 aromatic carbocycles. The van der Waals surface area contributed by atoms with Crippen molar-refractivity contribution in [3.8, 4) is 0 Å². The largest absolute Gasteiger partial charge is 0.342 e. The van der Waals surface area contributed by atoms with Crippen molar-refractivity contribution in [1.82, 2.24) is 10.2 Å². The van der Waals surface area contributed by atoms with Crippen LogP contribution in [0.15, 0.2) is 0 Å². The summed E-state index contributed by atoms with van der Waals surface area (Å²) < 4.78 is 0. The third kappa shape index (κ3) is 3.90. The van der Waals surface area contributed by atoms with Gasteiger partial charge in [0.25, 0.3) is 0 Å². The molecule has 1 aliphatic rings. The van der Waals surface area contributed by atoms with E-state index in [1.54, 1.807) is 0 Å². The van der Waals surface area contributed by atoms with Gasteiger partial charge in [0, 0.05) is 19.5 Å². The molecular weight excluding hydrogens is 248 g/mol. The summed E-state index contributed by atoms with van der Waals surface area (Å²) in [7, 11) is 0. The van der Waals surface area contributed by atoms with Crippen molar-refractivity contribution in [3.63, 3.8) is 0 Å². The van der Waals surface area contributed by atoms with E-state index in [0.29, 0.717) is 19.4 Å². The van der Waals surface area contributed by atoms with Gasteiger partial charge in [-0.05, 0) is 38.2 Å². The molecule has 1 saturated heterocycles. The highest BCUT2D eigenvalue weighted by molar-refractivity contribution is 7.98. The summed E-state index contributed by atoms with van der Waals surface area (Å²) in [5.74, 6) is 1.18.